The van der Waals surface area contributed by atoms with Crippen LogP contribution in [0.3, 0.4) is 0 Å². The molecule has 0 spiro atoms. The predicted octanol–water partition coefficient (Wildman–Crippen LogP) is 4.47. The molecule has 2 N–H and O–H groups in total. The average Bonchev–Trinajstić information content (AvgIpc) is 3.18. The van der Waals surface area contributed by atoms with Crippen LogP contribution in [0, 0.1) is 6.92 Å². The Morgan fingerprint density at radius 3 is 2.67 bits per heavy atom. The van der Waals surface area contributed by atoms with E-state index in [2.05, 4.69) is 15.7 Å². The number of anilines is 2. The molecule has 1 aliphatic heterocycles. The van der Waals surface area contributed by atoms with Gasteiger partial charge in [0.25, 0.3) is 5.91 Å². The maximum atomic E-state index is 13.1. The van der Waals surface area contributed by atoms with Crippen LogP contribution in [0.25, 0.3) is 0 Å². The lowest BCUT2D eigenvalue weighted by Gasteiger charge is -2.33. The Hall–Kier alpha value is -3.67. The molecule has 0 unspecified atom stereocenters. The molecule has 2 heterocycles. The molecule has 5 rings (SSSR count). The number of ketones is 1. The summed E-state index contributed by atoms with van der Waals surface area (Å²) < 4.78 is 1.77. The highest BCUT2D eigenvalue weighted by Crippen LogP contribution is 2.41. The summed E-state index contributed by atoms with van der Waals surface area (Å²) in [4.78, 5) is 25.9. The number of nitrogens with zero attached hydrogens (tertiary/aromatic N) is 2. The van der Waals surface area contributed by atoms with Crippen molar-refractivity contribution in [2.75, 3.05) is 10.6 Å². The summed E-state index contributed by atoms with van der Waals surface area (Å²) in [5, 5.41) is 10.9. The highest BCUT2D eigenvalue weighted by molar-refractivity contribution is 6.08. The van der Waals surface area contributed by atoms with Gasteiger partial charge in [-0.25, -0.2) is 4.68 Å². The van der Waals surface area contributed by atoms with Crippen LogP contribution in [0.5, 0.6) is 0 Å². The fraction of sp³-hybridized carbons (Fsp3) is 0.208. The van der Waals surface area contributed by atoms with E-state index in [1.54, 1.807) is 10.9 Å². The van der Waals surface area contributed by atoms with Crippen LogP contribution in [0.2, 0.25) is 0 Å². The van der Waals surface area contributed by atoms with Gasteiger partial charge in [-0.15, -0.1) is 0 Å². The number of rotatable bonds is 3. The number of Topliss-reactive ketones (excluding diaryl/α,β-unsaturated/α-hetero) is 1. The lowest BCUT2D eigenvalue weighted by Crippen LogP contribution is -2.32. The zero-order chi connectivity index (χ0) is 20.7. The summed E-state index contributed by atoms with van der Waals surface area (Å²) in [5.41, 5.74) is 4.86. The van der Waals surface area contributed by atoms with Gasteiger partial charge in [-0.05, 0) is 37.0 Å². The van der Waals surface area contributed by atoms with Crippen molar-refractivity contribution in [3.8, 4) is 0 Å². The third-order valence-corrected chi connectivity index (χ3v) is 5.79. The minimum atomic E-state index is -0.328. The van der Waals surface area contributed by atoms with Gasteiger partial charge in [0, 0.05) is 23.4 Å². The van der Waals surface area contributed by atoms with Gasteiger partial charge in [-0.2, -0.15) is 5.10 Å². The third-order valence-electron chi connectivity index (χ3n) is 5.79. The van der Waals surface area contributed by atoms with Crippen molar-refractivity contribution >= 4 is 23.2 Å². The molecule has 30 heavy (non-hydrogen) atoms. The Morgan fingerprint density at radius 1 is 1.10 bits per heavy atom. The summed E-state index contributed by atoms with van der Waals surface area (Å²) in [6, 6.07) is 17.2. The number of amides is 1. The summed E-state index contributed by atoms with van der Waals surface area (Å²) >= 11 is 0. The molecule has 1 aromatic heterocycles. The van der Waals surface area contributed by atoms with E-state index in [9.17, 15) is 9.59 Å². The molecule has 6 heteroatoms. The van der Waals surface area contributed by atoms with E-state index in [0.717, 1.165) is 40.9 Å². The molecule has 0 saturated carbocycles. The lowest BCUT2D eigenvalue weighted by molar-refractivity contribution is -0.116. The second-order valence-corrected chi connectivity index (χ2v) is 7.73. The first-order valence-electron chi connectivity index (χ1n) is 10.2. The highest BCUT2D eigenvalue weighted by Gasteiger charge is 2.37. The summed E-state index contributed by atoms with van der Waals surface area (Å²) in [5.74, 6) is 0.545. The molecule has 0 bridgehead atoms. The van der Waals surface area contributed by atoms with Crippen molar-refractivity contribution in [2.45, 2.75) is 32.2 Å². The number of allylic oxidation sites excluding steroid dienone is 2. The topological polar surface area (TPSA) is 76.0 Å². The number of aryl methyl sites for hydroxylation is 1. The second-order valence-electron chi connectivity index (χ2n) is 7.73. The average molecular weight is 398 g/mol. The number of hydrogen-bond donors (Lipinski definition) is 2. The van der Waals surface area contributed by atoms with Crippen molar-refractivity contribution < 1.29 is 9.59 Å². The van der Waals surface area contributed by atoms with Crippen molar-refractivity contribution in [3.05, 3.63) is 88.8 Å². The van der Waals surface area contributed by atoms with E-state index in [1.165, 1.54) is 0 Å². The van der Waals surface area contributed by atoms with Crippen LogP contribution in [0.4, 0.5) is 11.5 Å². The van der Waals surface area contributed by atoms with Crippen LogP contribution in [-0.2, 0) is 4.79 Å². The molecule has 1 amide bonds. The Bertz CT molecular complexity index is 1180. The first kappa shape index (κ1) is 18.4. The van der Waals surface area contributed by atoms with Crippen LogP contribution in [-0.4, -0.2) is 21.5 Å². The molecule has 6 nitrogen and oxygen atoms in total. The van der Waals surface area contributed by atoms with Gasteiger partial charge < -0.3 is 10.6 Å². The van der Waals surface area contributed by atoms with E-state index < -0.39 is 0 Å². The van der Waals surface area contributed by atoms with E-state index in [0.29, 0.717) is 17.8 Å². The first-order chi connectivity index (χ1) is 14.6. The van der Waals surface area contributed by atoms with Crippen molar-refractivity contribution in [1.82, 2.24) is 9.78 Å². The monoisotopic (exact) mass is 398 g/mol. The summed E-state index contributed by atoms with van der Waals surface area (Å²) in [6.45, 7) is 1.96. The zero-order valence-corrected chi connectivity index (χ0v) is 16.7. The van der Waals surface area contributed by atoms with Gasteiger partial charge in [0.15, 0.2) is 5.78 Å². The minimum Gasteiger partial charge on any atom is -0.343 e. The van der Waals surface area contributed by atoms with Crippen LogP contribution in [0.1, 0.15) is 46.8 Å². The van der Waals surface area contributed by atoms with Gasteiger partial charge in [0.2, 0.25) is 0 Å². The van der Waals surface area contributed by atoms with Gasteiger partial charge >= 0.3 is 0 Å². The number of nitrogens with one attached hydrogen (secondary N) is 2. The maximum absolute atomic E-state index is 13.1. The molecule has 3 aromatic rings. The zero-order valence-electron chi connectivity index (χ0n) is 16.7. The highest BCUT2D eigenvalue weighted by atomic mass is 16.1. The molecule has 1 atom stereocenters. The molecule has 0 fully saturated rings. The van der Waals surface area contributed by atoms with Gasteiger partial charge in [0.1, 0.15) is 17.4 Å². The van der Waals surface area contributed by atoms with Crippen molar-refractivity contribution in [2.24, 2.45) is 0 Å². The van der Waals surface area contributed by atoms with Gasteiger partial charge in [-0.3, -0.25) is 9.59 Å². The molecule has 0 saturated heterocycles. The molecule has 2 aromatic carbocycles. The summed E-state index contributed by atoms with van der Waals surface area (Å²) in [7, 11) is 0. The first-order valence-corrected chi connectivity index (χ1v) is 10.2. The molecular formula is C24H22N4O2. The van der Waals surface area contributed by atoms with E-state index in [-0.39, 0.29) is 17.7 Å². The van der Waals surface area contributed by atoms with Crippen molar-refractivity contribution in [3.63, 3.8) is 0 Å². The predicted molar refractivity (Wildman–Crippen MR) is 115 cm³/mol. The number of fused-ring (bicyclic) bond motifs is 1. The second kappa shape index (κ2) is 7.30. The minimum absolute atomic E-state index is 0.143. The normalized spacial score (nSPS) is 17.8. The smallest absolute Gasteiger partial charge is 0.261 e. The largest absolute Gasteiger partial charge is 0.343 e. The number of aromatic nitrogens is 2. The lowest BCUT2D eigenvalue weighted by atomic mass is 9.85. The van der Waals surface area contributed by atoms with E-state index in [4.69, 9.17) is 0 Å². The van der Waals surface area contributed by atoms with Gasteiger partial charge in [-0.1, -0.05) is 48.5 Å². The molecule has 0 radical (unpaired) electrons. The van der Waals surface area contributed by atoms with E-state index in [1.807, 2.05) is 61.5 Å². The number of carbonyl (C=O) groups is 2. The number of benzene rings is 2. The fourth-order valence-corrected chi connectivity index (χ4v) is 4.27. The molecule has 150 valence electrons. The third kappa shape index (κ3) is 3.01. The number of para-hydroxylation sites is 1. The Kier molecular flexibility index (Phi) is 4.47. The quantitative estimate of drug-likeness (QED) is 0.683. The van der Waals surface area contributed by atoms with Crippen LogP contribution < -0.4 is 10.6 Å². The van der Waals surface area contributed by atoms with E-state index >= 15 is 0 Å². The molecule has 2 aliphatic rings. The van der Waals surface area contributed by atoms with Gasteiger partial charge in [0.05, 0.1) is 6.20 Å². The fourth-order valence-electron chi connectivity index (χ4n) is 4.27. The van der Waals surface area contributed by atoms with Crippen molar-refractivity contribution in [1.29, 1.82) is 0 Å². The Labute approximate surface area is 174 Å². The maximum Gasteiger partial charge on any atom is 0.261 e. The molecular weight excluding hydrogens is 376 g/mol. The Balaban J connectivity index is 1.58. The van der Waals surface area contributed by atoms with Crippen LogP contribution >= 0.6 is 0 Å². The van der Waals surface area contributed by atoms with Crippen LogP contribution in [0.15, 0.2) is 72.1 Å². The number of hydrogen-bond acceptors (Lipinski definition) is 4. The number of carbonyl (C=O) groups excluding carboxylic acids is 2. The summed E-state index contributed by atoms with van der Waals surface area (Å²) in [6.07, 6.45) is 3.72. The molecule has 1 aliphatic carbocycles. The SMILES string of the molecule is Cc1ccccc1NC(=O)c1cnn2c1NC1=C(C(=O)CCC1)[C@@H]2c1ccccc1. The Morgan fingerprint density at radius 2 is 1.87 bits per heavy atom. The standard InChI is InChI=1S/C24H22N4O2/c1-15-8-5-6-11-18(15)27-24(30)17-14-25-28-22(16-9-3-2-4-10-16)21-19(26-23(17)28)12-7-13-20(21)29/h2-6,8-11,14,22,26H,7,12-13H2,1H3,(H,27,30)/t22-/m0/s1.